The maximum Gasteiger partial charge on any atom is 0.119 e. The summed E-state index contributed by atoms with van der Waals surface area (Å²) in [7, 11) is 1.92. The van der Waals surface area contributed by atoms with Crippen LogP contribution in [0.5, 0.6) is 5.75 Å². The van der Waals surface area contributed by atoms with Crippen molar-refractivity contribution < 1.29 is 4.74 Å². The second-order valence-electron chi connectivity index (χ2n) is 9.53. The molecular formula is C29H31N5O. The quantitative estimate of drug-likeness (QED) is 0.298. The van der Waals surface area contributed by atoms with E-state index in [1.54, 1.807) is 4.68 Å². The predicted molar refractivity (Wildman–Crippen MR) is 142 cm³/mol. The molecule has 0 radical (unpaired) electrons. The molecule has 2 aromatic carbocycles. The molecule has 6 nitrogen and oxygen atoms in total. The minimum Gasteiger partial charge on any atom is -0.494 e. The Morgan fingerprint density at radius 2 is 1.66 bits per heavy atom. The SMILES string of the molecule is Cn1cc(-c2cc3c(cn2)[nH]c2ccc(-c4ccc(OCCCN5CCCCC5)cc4)cc23)cn1. The first-order valence-corrected chi connectivity index (χ1v) is 12.6. The Kier molecular flexibility index (Phi) is 5.96. The van der Waals surface area contributed by atoms with Crippen molar-refractivity contribution in [2.75, 3.05) is 26.2 Å². The van der Waals surface area contributed by atoms with E-state index in [1.807, 2.05) is 25.6 Å². The minimum absolute atomic E-state index is 0.768. The highest BCUT2D eigenvalue weighted by atomic mass is 16.5. The van der Waals surface area contributed by atoms with Gasteiger partial charge in [0.2, 0.25) is 0 Å². The Morgan fingerprint density at radius 3 is 2.46 bits per heavy atom. The van der Waals surface area contributed by atoms with Crippen molar-refractivity contribution >= 4 is 21.8 Å². The van der Waals surface area contributed by atoms with Crippen LogP contribution in [0.4, 0.5) is 0 Å². The fourth-order valence-electron chi connectivity index (χ4n) is 5.09. The monoisotopic (exact) mass is 465 g/mol. The summed E-state index contributed by atoms with van der Waals surface area (Å²) in [5, 5.41) is 6.65. The molecule has 35 heavy (non-hydrogen) atoms. The molecule has 0 spiro atoms. The third-order valence-corrected chi connectivity index (χ3v) is 7.01. The zero-order valence-corrected chi connectivity index (χ0v) is 20.2. The van der Waals surface area contributed by atoms with Gasteiger partial charge in [0.15, 0.2) is 0 Å². The number of nitrogens with one attached hydrogen (secondary N) is 1. The molecule has 5 aromatic rings. The highest BCUT2D eigenvalue weighted by Gasteiger charge is 2.11. The smallest absolute Gasteiger partial charge is 0.119 e. The first-order chi connectivity index (χ1) is 17.2. The highest BCUT2D eigenvalue weighted by molar-refractivity contribution is 6.09. The van der Waals surface area contributed by atoms with Crippen molar-refractivity contribution in [1.82, 2.24) is 24.6 Å². The van der Waals surface area contributed by atoms with Gasteiger partial charge in [-0.1, -0.05) is 24.6 Å². The fraction of sp³-hybridized carbons (Fsp3) is 0.310. The molecule has 1 aliphatic rings. The van der Waals surface area contributed by atoms with E-state index < -0.39 is 0 Å². The normalized spacial score (nSPS) is 14.7. The number of likely N-dealkylation sites (tertiary alicyclic amines) is 1. The Labute approximate surface area is 205 Å². The van der Waals surface area contributed by atoms with Crippen LogP contribution in [-0.2, 0) is 7.05 Å². The zero-order chi connectivity index (χ0) is 23.6. The number of ether oxygens (including phenoxy) is 1. The summed E-state index contributed by atoms with van der Waals surface area (Å²) >= 11 is 0. The van der Waals surface area contributed by atoms with E-state index in [0.29, 0.717) is 0 Å². The van der Waals surface area contributed by atoms with E-state index in [9.17, 15) is 0 Å². The lowest BCUT2D eigenvalue weighted by molar-refractivity contribution is 0.205. The molecule has 1 fully saturated rings. The van der Waals surface area contributed by atoms with Crippen molar-refractivity contribution in [2.24, 2.45) is 7.05 Å². The predicted octanol–water partition coefficient (Wildman–Crippen LogP) is 6.04. The van der Waals surface area contributed by atoms with Gasteiger partial charge in [-0.05, 0) is 73.8 Å². The Balaban J connectivity index is 1.18. The fourth-order valence-corrected chi connectivity index (χ4v) is 5.09. The number of hydrogen-bond donors (Lipinski definition) is 1. The zero-order valence-electron chi connectivity index (χ0n) is 20.2. The minimum atomic E-state index is 0.768. The van der Waals surface area contributed by atoms with Crippen molar-refractivity contribution in [2.45, 2.75) is 25.7 Å². The molecule has 6 heteroatoms. The van der Waals surface area contributed by atoms with Gasteiger partial charge in [-0.15, -0.1) is 0 Å². The van der Waals surface area contributed by atoms with Crippen LogP contribution in [0.2, 0.25) is 0 Å². The molecule has 1 N–H and O–H groups in total. The van der Waals surface area contributed by atoms with Gasteiger partial charge in [0, 0.05) is 41.6 Å². The van der Waals surface area contributed by atoms with E-state index in [-0.39, 0.29) is 0 Å². The second-order valence-corrected chi connectivity index (χ2v) is 9.53. The molecule has 0 saturated carbocycles. The molecule has 178 valence electrons. The lowest BCUT2D eigenvalue weighted by Crippen LogP contribution is -2.31. The van der Waals surface area contributed by atoms with Gasteiger partial charge < -0.3 is 14.6 Å². The van der Waals surface area contributed by atoms with Gasteiger partial charge in [0.1, 0.15) is 5.75 Å². The number of aromatic amines is 1. The summed E-state index contributed by atoms with van der Waals surface area (Å²) in [6.07, 6.45) is 10.9. The first kappa shape index (κ1) is 21.9. The van der Waals surface area contributed by atoms with E-state index >= 15 is 0 Å². The topological polar surface area (TPSA) is 59.0 Å². The number of fused-ring (bicyclic) bond motifs is 3. The number of nitrogens with zero attached hydrogens (tertiary/aromatic N) is 4. The van der Waals surface area contributed by atoms with Crippen LogP contribution in [0.25, 0.3) is 44.2 Å². The Bertz CT molecular complexity index is 1440. The van der Waals surface area contributed by atoms with Gasteiger partial charge in [0.25, 0.3) is 0 Å². The van der Waals surface area contributed by atoms with Gasteiger partial charge >= 0.3 is 0 Å². The largest absolute Gasteiger partial charge is 0.494 e. The Hall–Kier alpha value is -3.64. The number of aryl methyl sites for hydroxylation is 1. The van der Waals surface area contributed by atoms with E-state index in [0.717, 1.165) is 47.6 Å². The van der Waals surface area contributed by atoms with E-state index in [2.05, 4.69) is 68.5 Å². The van der Waals surface area contributed by atoms with Gasteiger partial charge in [-0.3, -0.25) is 9.67 Å². The van der Waals surface area contributed by atoms with Crippen molar-refractivity contribution in [3.63, 3.8) is 0 Å². The van der Waals surface area contributed by atoms with E-state index in [4.69, 9.17) is 4.74 Å². The second kappa shape index (κ2) is 9.55. The van der Waals surface area contributed by atoms with Gasteiger partial charge in [-0.2, -0.15) is 5.10 Å². The van der Waals surface area contributed by atoms with Crippen LogP contribution in [-0.4, -0.2) is 50.9 Å². The van der Waals surface area contributed by atoms with Crippen molar-refractivity contribution in [3.05, 3.63) is 67.1 Å². The van der Waals surface area contributed by atoms with Crippen LogP contribution in [0, 0.1) is 0 Å². The average Bonchev–Trinajstić information content (AvgIpc) is 3.50. The van der Waals surface area contributed by atoms with Crippen LogP contribution >= 0.6 is 0 Å². The molecule has 0 atom stereocenters. The van der Waals surface area contributed by atoms with Crippen LogP contribution < -0.4 is 4.74 Å². The number of piperidine rings is 1. The third-order valence-electron chi connectivity index (χ3n) is 7.01. The molecule has 0 amide bonds. The number of pyridine rings is 1. The van der Waals surface area contributed by atoms with Crippen molar-refractivity contribution in [3.8, 4) is 28.1 Å². The number of H-pyrrole nitrogens is 1. The molecule has 3 aromatic heterocycles. The van der Waals surface area contributed by atoms with Crippen LogP contribution in [0.3, 0.4) is 0 Å². The molecule has 1 aliphatic heterocycles. The van der Waals surface area contributed by atoms with Gasteiger partial charge in [-0.25, -0.2) is 0 Å². The standard InChI is InChI=1S/C29H31N5O/c1-33-20-23(18-31-33)28-17-26-25-16-22(8-11-27(25)32-29(26)19-30-28)21-6-9-24(10-7-21)35-15-5-14-34-12-3-2-4-13-34/h6-11,16-20,32H,2-5,12-15H2,1H3. The molecule has 0 bridgehead atoms. The molecule has 6 rings (SSSR count). The highest BCUT2D eigenvalue weighted by Crippen LogP contribution is 2.32. The number of benzene rings is 2. The Morgan fingerprint density at radius 1 is 0.857 bits per heavy atom. The summed E-state index contributed by atoms with van der Waals surface area (Å²) in [6.45, 7) is 4.40. The van der Waals surface area contributed by atoms with Crippen LogP contribution in [0.1, 0.15) is 25.7 Å². The number of rotatable bonds is 7. The lowest BCUT2D eigenvalue weighted by Gasteiger charge is -2.26. The summed E-state index contributed by atoms with van der Waals surface area (Å²) in [6, 6.07) is 17.2. The summed E-state index contributed by atoms with van der Waals surface area (Å²) in [4.78, 5) is 10.7. The first-order valence-electron chi connectivity index (χ1n) is 12.6. The maximum absolute atomic E-state index is 6.01. The third kappa shape index (κ3) is 4.66. The summed E-state index contributed by atoms with van der Waals surface area (Å²) < 4.78 is 7.82. The van der Waals surface area contributed by atoms with Crippen molar-refractivity contribution in [1.29, 1.82) is 0 Å². The molecule has 1 saturated heterocycles. The van der Waals surface area contributed by atoms with Gasteiger partial charge in [0.05, 0.1) is 30.2 Å². The molecule has 0 aliphatic carbocycles. The average molecular weight is 466 g/mol. The molecular weight excluding hydrogens is 434 g/mol. The lowest BCUT2D eigenvalue weighted by atomic mass is 10.0. The van der Waals surface area contributed by atoms with E-state index in [1.165, 1.54) is 54.3 Å². The van der Waals surface area contributed by atoms with Crippen LogP contribution in [0.15, 0.2) is 67.1 Å². The number of hydrogen-bond acceptors (Lipinski definition) is 4. The molecule has 4 heterocycles. The number of aromatic nitrogens is 4. The summed E-state index contributed by atoms with van der Waals surface area (Å²) in [5.41, 5.74) is 6.48. The maximum atomic E-state index is 6.01. The molecule has 0 unspecified atom stereocenters. The summed E-state index contributed by atoms with van der Waals surface area (Å²) in [5.74, 6) is 0.938.